The van der Waals surface area contributed by atoms with E-state index in [0.29, 0.717) is 17.5 Å². The largest absolute Gasteiger partial charge is 0.456 e. The topological polar surface area (TPSA) is 56.7 Å². The summed E-state index contributed by atoms with van der Waals surface area (Å²) in [6, 6.07) is 59.3. The normalized spacial score (nSPS) is 11.8. The summed E-state index contributed by atoms with van der Waals surface area (Å²) in [7, 11) is 0. The van der Waals surface area contributed by atoms with Crippen LogP contribution in [0.15, 0.2) is 174 Å². The molecule has 52 heavy (non-hydrogen) atoms. The highest BCUT2D eigenvalue weighted by Crippen LogP contribution is 2.40. The third-order valence-corrected chi connectivity index (χ3v) is 10.2. The lowest BCUT2D eigenvalue weighted by atomic mass is 10.0. The van der Waals surface area contributed by atoms with Gasteiger partial charge in [0.1, 0.15) is 11.2 Å². The maximum absolute atomic E-state index is 6.50. The highest BCUT2D eigenvalue weighted by molar-refractivity contribution is 6.20. The Bertz CT molecular complexity index is 3120. The van der Waals surface area contributed by atoms with Gasteiger partial charge in [-0.25, -0.2) is 15.0 Å². The fourth-order valence-corrected chi connectivity index (χ4v) is 7.73. The molecular weight excluding hydrogens is 637 g/mol. The number of rotatable bonds is 4. The molecule has 11 aromatic rings. The van der Waals surface area contributed by atoms with Crippen LogP contribution in [-0.2, 0) is 0 Å². The molecule has 0 amide bonds. The molecule has 3 aromatic heterocycles. The zero-order valence-corrected chi connectivity index (χ0v) is 27.9. The quantitative estimate of drug-likeness (QED) is 0.188. The number of hydrogen-bond acceptors (Lipinski definition) is 4. The van der Waals surface area contributed by atoms with Crippen molar-refractivity contribution in [3.8, 4) is 39.9 Å². The van der Waals surface area contributed by atoms with Crippen LogP contribution in [0, 0.1) is 0 Å². The van der Waals surface area contributed by atoms with Crippen molar-refractivity contribution in [2.75, 3.05) is 0 Å². The van der Waals surface area contributed by atoms with Crippen LogP contribution < -0.4 is 0 Å². The molecule has 11 rings (SSSR count). The number of aromatic nitrogens is 4. The minimum atomic E-state index is 0.613. The smallest absolute Gasteiger partial charge is 0.164 e. The molecule has 8 aromatic carbocycles. The Kier molecular flexibility index (Phi) is 6.18. The van der Waals surface area contributed by atoms with Crippen molar-refractivity contribution < 1.29 is 4.42 Å². The van der Waals surface area contributed by atoms with E-state index >= 15 is 0 Å². The van der Waals surface area contributed by atoms with Crippen molar-refractivity contribution in [3.05, 3.63) is 170 Å². The summed E-state index contributed by atoms with van der Waals surface area (Å²) < 4.78 is 8.89. The van der Waals surface area contributed by atoms with E-state index in [-0.39, 0.29) is 0 Å². The van der Waals surface area contributed by atoms with Gasteiger partial charge in [0.05, 0.1) is 11.0 Å². The van der Waals surface area contributed by atoms with Crippen LogP contribution in [0.3, 0.4) is 0 Å². The lowest BCUT2D eigenvalue weighted by Gasteiger charge is -2.11. The molecule has 0 aliphatic heterocycles. The first-order valence-electron chi connectivity index (χ1n) is 17.4. The number of nitrogens with zero attached hydrogens (tertiary/aromatic N) is 4. The molecule has 0 bridgehead atoms. The molecule has 5 nitrogen and oxygen atoms in total. The van der Waals surface area contributed by atoms with Gasteiger partial charge in [0.15, 0.2) is 17.5 Å². The number of fused-ring (bicyclic) bond motifs is 9. The Labute approximate surface area is 298 Å². The Hall–Kier alpha value is -7.11. The molecule has 0 aliphatic carbocycles. The predicted octanol–water partition coefficient (Wildman–Crippen LogP) is 12.2. The lowest BCUT2D eigenvalue weighted by molar-refractivity contribution is 0.669. The molecule has 242 valence electrons. The van der Waals surface area contributed by atoms with E-state index in [1.807, 2.05) is 72.8 Å². The number of benzene rings is 8. The van der Waals surface area contributed by atoms with Gasteiger partial charge in [-0.3, -0.25) is 0 Å². The second-order valence-electron chi connectivity index (χ2n) is 13.3. The molecule has 0 saturated carbocycles. The van der Waals surface area contributed by atoms with Crippen LogP contribution in [0.25, 0.3) is 105 Å². The standard InChI is InChI=1S/C47H28N4O/c1-3-11-30(12-4-1)45-48-46(31-13-5-2-6-14-31)50-47(49-45)34-21-23-42-39(26-34)44-37-28-35(22-19-29(37)20-24-43(44)52-42)51-40-18-10-9-17-36(40)38-25-32-15-7-8-16-33(32)27-41(38)51/h1-28H. The summed E-state index contributed by atoms with van der Waals surface area (Å²) in [6.07, 6.45) is 0. The van der Waals surface area contributed by atoms with Gasteiger partial charge in [-0.05, 0) is 76.1 Å². The van der Waals surface area contributed by atoms with Crippen molar-refractivity contribution in [2.45, 2.75) is 0 Å². The second kappa shape index (κ2) is 11.2. The molecule has 0 N–H and O–H groups in total. The molecule has 5 heteroatoms. The van der Waals surface area contributed by atoms with Crippen LogP contribution in [0.2, 0.25) is 0 Å². The monoisotopic (exact) mass is 664 g/mol. The van der Waals surface area contributed by atoms with E-state index < -0.39 is 0 Å². The summed E-state index contributed by atoms with van der Waals surface area (Å²) in [5.41, 5.74) is 7.90. The summed E-state index contributed by atoms with van der Waals surface area (Å²) in [4.78, 5) is 14.9. The van der Waals surface area contributed by atoms with Gasteiger partial charge in [-0.15, -0.1) is 0 Å². The van der Waals surface area contributed by atoms with E-state index in [4.69, 9.17) is 19.4 Å². The van der Waals surface area contributed by atoms with Crippen molar-refractivity contribution in [1.29, 1.82) is 0 Å². The van der Waals surface area contributed by atoms with E-state index in [1.54, 1.807) is 0 Å². The van der Waals surface area contributed by atoms with Crippen LogP contribution in [-0.4, -0.2) is 19.5 Å². The molecule has 0 fully saturated rings. The first kappa shape index (κ1) is 28.7. The first-order chi connectivity index (χ1) is 25.7. The molecule has 0 unspecified atom stereocenters. The predicted molar refractivity (Wildman–Crippen MR) is 213 cm³/mol. The van der Waals surface area contributed by atoms with Crippen molar-refractivity contribution in [1.82, 2.24) is 19.5 Å². The fraction of sp³-hybridized carbons (Fsp3) is 0. The third-order valence-electron chi connectivity index (χ3n) is 10.2. The van der Waals surface area contributed by atoms with Crippen molar-refractivity contribution in [2.24, 2.45) is 0 Å². The van der Waals surface area contributed by atoms with Crippen LogP contribution in [0.4, 0.5) is 0 Å². The van der Waals surface area contributed by atoms with Crippen LogP contribution in [0.1, 0.15) is 0 Å². The first-order valence-corrected chi connectivity index (χ1v) is 17.4. The second-order valence-corrected chi connectivity index (χ2v) is 13.3. The van der Waals surface area contributed by atoms with Gasteiger partial charge in [-0.1, -0.05) is 115 Å². The maximum atomic E-state index is 6.50. The van der Waals surface area contributed by atoms with Crippen LogP contribution in [0.5, 0.6) is 0 Å². The molecule has 0 spiro atoms. The van der Waals surface area contributed by atoms with Gasteiger partial charge in [0.25, 0.3) is 0 Å². The zero-order chi connectivity index (χ0) is 34.2. The van der Waals surface area contributed by atoms with Gasteiger partial charge < -0.3 is 8.98 Å². The van der Waals surface area contributed by atoms with Crippen LogP contribution >= 0.6 is 0 Å². The summed E-state index contributed by atoms with van der Waals surface area (Å²) in [5.74, 6) is 1.88. The maximum Gasteiger partial charge on any atom is 0.164 e. The van der Waals surface area contributed by atoms with Crippen molar-refractivity contribution >= 4 is 65.3 Å². The summed E-state index contributed by atoms with van der Waals surface area (Å²) in [6.45, 7) is 0. The minimum Gasteiger partial charge on any atom is -0.456 e. The molecule has 3 heterocycles. The molecule has 0 radical (unpaired) electrons. The highest BCUT2D eigenvalue weighted by Gasteiger charge is 2.18. The van der Waals surface area contributed by atoms with E-state index in [9.17, 15) is 0 Å². The minimum absolute atomic E-state index is 0.613. The van der Waals surface area contributed by atoms with Crippen molar-refractivity contribution in [3.63, 3.8) is 0 Å². The Morgan fingerprint density at radius 1 is 0.365 bits per heavy atom. The molecule has 0 aliphatic rings. The molecular formula is C47H28N4O. The Morgan fingerprint density at radius 2 is 0.981 bits per heavy atom. The number of hydrogen-bond donors (Lipinski definition) is 0. The van der Waals surface area contributed by atoms with Gasteiger partial charge in [-0.2, -0.15) is 0 Å². The summed E-state index contributed by atoms with van der Waals surface area (Å²) >= 11 is 0. The van der Waals surface area contributed by atoms with E-state index in [1.165, 1.54) is 32.6 Å². The zero-order valence-electron chi connectivity index (χ0n) is 27.9. The number of furan rings is 1. The van der Waals surface area contributed by atoms with Gasteiger partial charge >= 0.3 is 0 Å². The van der Waals surface area contributed by atoms with E-state index in [0.717, 1.165) is 55.1 Å². The third kappa shape index (κ3) is 4.46. The van der Waals surface area contributed by atoms with Gasteiger partial charge in [0, 0.05) is 43.9 Å². The van der Waals surface area contributed by atoms with E-state index in [2.05, 4.69) is 102 Å². The number of para-hydroxylation sites is 1. The summed E-state index contributed by atoms with van der Waals surface area (Å²) in [5, 5.41) is 9.31. The Balaban J connectivity index is 1.14. The van der Waals surface area contributed by atoms with Gasteiger partial charge in [0.2, 0.25) is 0 Å². The SMILES string of the molecule is c1ccc(-c2nc(-c3ccccc3)nc(-c3ccc4oc5ccc6ccc(-n7c8ccccc8c8cc9ccccc9cc87)cc6c5c4c3)n2)cc1. The highest BCUT2D eigenvalue weighted by atomic mass is 16.3. The lowest BCUT2D eigenvalue weighted by Crippen LogP contribution is -2.00. The average Bonchev–Trinajstić information content (AvgIpc) is 3.75. The average molecular weight is 665 g/mol. The fourth-order valence-electron chi connectivity index (χ4n) is 7.73. The molecule has 0 saturated heterocycles. The molecule has 0 atom stereocenters. The Morgan fingerprint density at radius 3 is 1.73 bits per heavy atom.